The van der Waals surface area contributed by atoms with Gasteiger partial charge in [-0.2, -0.15) is 4.31 Å². The molecule has 0 aromatic heterocycles. The predicted molar refractivity (Wildman–Crippen MR) is 121 cm³/mol. The zero-order valence-corrected chi connectivity index (χ0v) is 18.9. The SMILES string of the molecule is Cc1ccccc1CN1CCN(C(=O)C2CCCCN2S(=O)(=O)c2ccccc2)CC1. The topological polar surface area (TPSA) is 60.9 Å². The first-order valence-electron chi connectivity index (χ1n) is 11.1. The van der Waals surface area contributed by atoms with Gasteiger partial charge in [-0.25, -0.2) is 8.42 Å². The van der Waals surface area contributed by atoms with Crippen molar-refractivity contribution in [2.45, 2.75) is 43.7 Å². The lowest BCUT2D eigenvalue weighted by atomic mass is 10.0. The molecule has 4 rings (SSSR count). The smallest absolute Gasteiger partial charge is 0.243 e. The van der Waals surface area contributed by atoms with Crippen LogP contribution in [0.2, 0.25) is 0 Å². The summed E-state index contributed by atoms with van der Waals surface area (Å²) in [5, 5.41) is 0. The molecule has 166 valence electrons. The van der Waals surface area contributed by atoms with Crippen molar-refractivity contribution in [3.8, 4) is 0 Å². The maximum absolute atomic E-state index is 13.4. The minimum atomic E-state index is -3.68. The van der Waals surface area contributed by atoms with E-state index in [0.717, 1.165) is 32.5 Å². The van der Waals surface area contributed by atoms with Gasteiger partial charge in [0.05, 0.1) is 4.90 Å². The van der Waals surface area contributed by atoms with Crippen LogP contribution in [0.25, 0.3) is 0 Å². The lowest BCUT2D eigenvalue weighted by Crippen LogP contribution is -2.56. The van der Waals surface area contributed by atoms with Crippen LogP contribution in [-0.4, -0.2) is 67.2 Å². The van der Waals surface area contributed by atoms with Crippen LogP contribution in [0, 0.1) is 6.92 Å². The largest absolute Gasteiger partial charge is 0.339 e. The number of piperazine rings is 1. The molecular formula is C24H31N3O3S. The molecule has 1 amide bonds. The van der Waals surface area contributed by atoms with Gasteiger partial charge in [0.2, 0.25) is 15.9 Å². The fraction of sp³-hybridized carbons (Fsp3) is 0.458. The zero-order valence-electron chi connectivity index (χ0n) is 18.1. The number of nitrogens with zero attached hydrogens (tertiary/aromatic N) is 3. The summed E-state index contributed by atoms with van der Waals surface area (Å²) in [7, 11) is -3.68. The lowest BCUT2D eigenvalue weighted by molar-refractivity contribution is -0.138. The number of rotatable bonds is 5. The second-order valence-electron chi connectivity index (χ2n) is 8.47. The monoisotopic (exact) mass is 441 g/mol. The van der Waals surface area contributed by atoms with Crippen molar-refractivity contribution in [3.63, 3.8) is 0 Å². The van der Waals surface area contributed by atoms with Gasteiger partial charge in [0.1, 0.15) is 6.04 Å². The second kappa shape index (κ2) is 9.51. The highest BCUT2D eigenvalue weighted by molar-refractivity contribution is 7.89. The van der Waals surface area contributed by atoms with Gasteiger partial charge in [-0.3, -0.25) is 9.69 Å². The molecule has 2 heterocycles. The Kier molecular flexibility index (Phi) is 6.74. The van der Waals surface area contributed by atoms with Gasteiger partial charge >= 0.3 is 0 Å². The summed E-state index contributed by atoms with van der Waals surface area (Å²) in [4.78, 5) is 17.8. The zero-order chi connectivity index (χ0) is 21.8. The van der Waals surface area contributed by atoms with Crippen LogP contribution in [0.1, 0.15) is 30.4 Å². The highest BCUT2D eigenvalue weighted by atomic mass is 32.2. The van der Waals surface area contributed by atoms with Crippen molar-refractivity contribution in [1.82, 2.24) is 14.1 Å². The summed E-state index contributed by atoms with van der Waals surface area (Å²) in [6, 6.07) is 16.3. The van der Waals surface area contributed by atoms with E-state index in [4.69, 9.17) is 0 Å². The Balaban J connectivity index is 1.42. The Bertz CT molecular complexity index is 1000. The van der Waals surface area contributed by atoms with Crippen LogP contribution in [0.5, 0.6) is 0 Å². The number of hydrogen-bond acceptors (Lipinski definition) is 4. The molecule has 2 fully saturated rings. The Morgan fingerprint density at radius 2 is 1.58 bits per heavy atom. The van der Waals surface area contributed by atoms with Crippen LogP contribution in [-0.2, 0) is 21.4 Å². The highest BCUT2D eigenvalue weighted by Crippen LogP contribution is 2.27. The number of carbonyl (C=O) groups is 1. The van der Waals surface area contributed by atoms with Crippen molar-refractivity contribution in [3.05, 3.63) is 65.7 Å². The lowest BCUT2D eigenvalue weighted by Gasteiger charge is -2.40. The molecule has 0 N–H and O–H groups in total. The van der Waals surface area contributed by atoms with E-state index in [0.29, 0.717) is 26.1 Å². The number of piperidine rings is 1. The fourth-order valence-corrected chi connectivity index (χ4v) is 6.20. The Morgan fingerprint density at radius 1 is 0.903 bits per heavy atom. The Labute approximate surface area is 185 Å². The van der Waals surface area contributed by atoms with Crippen LogP contribution in [0.15, 0.2) is 59.5 Å². The number of aryl methyl sites for hydroxylation is 1. The summed E-state index contributed by atoms with van der Waals surface area (Å²) < 4.78 is 27.9. The van der Waals surface area contributed by atoms with E-state index < -0.39 is 16.1 Å². The van der Waals surface area contributed by atoms with Gasteiger partial charge in [-0.15, -0.1) is 0 Å². The molecule has 0 spiro atoms. The van der Waals surface area contributed by atoms with Crippen molar-refractivity contribution < 1.29 is 13.2 Å². The number of amides is 1. The van der Waals surface area contributed by atoms with Gasteiger partial charge in [0.15, 0.2) is 0 Å². The van der Waals surface area contributed by atoms with Gasteiger partial charge in [0, 0.05) is 39.3 Å². The third-order valence-corrected chi connectivity index (χ3v) is 8.35. The normalized spacial score (nSPS) is 21.2. The highest BCUT2D eigenvalue weighted by Gasteiger charge is 2.39. The first-order valence-corrected chi connectivity index (χ1v) is 12.5. The predicted octanol–water partition coefficient (Wildman–Crippen LogP) is 2.88. The molecule has 2 aliphatic rings. The molecule has 2 aromatic rings. The molecule has 2 saturated heterocycles. The minimum Gasteiger partial charge on any atom is -0.339 e. The first kappa shape index (κ1) is 22.0. The van der Waals surface area contributed by atoms with Crippen molar-refractivity contribution >= 4 is 15.9 Å². The maximum atomic E-state index is 13.4. The number of benzene rings is 2. The van der Waals surface area contributed by atoms with E-state index in [-0.39, 0.29) is 10.8 Å². The molecule has 7 heteroatoms. The van der Waals surface area contributed by atoms with Gasteiger partial charge < -0.3 is 4.90 Å². The summed E-state index contributed by atoms with van der Waals surface area (Å²) in [6.45, 7) is 6.30. The Morgan fingerprint density at radius 3 is 2.29 bits per heavy atom. The number of hydrogen-bond donors (Lipinski definition) is 0. The van der Waals surface area contributed by atoms with E-state index in [2.05, 4.69) is 36.1 Å². The molecule has 0 saturated carbocycles. The average Bonchev–Trinajstić information content (AvgIpc) is 2.81. The second-order valence-corrected chi connectivity index (χ2v) is 10.4. The van der Waals surface area contributed by atoms with Crippen molar-refractivity contribution in [1.29, 1.82) is 0 Å². The summed E-state index contributed by atoms with van der Waals surface area (Å²) in [6.07, 6.45) is 2.26. The van der Waals surface area contributed by atoms with Crippen LogP contribution in [0.3, 0.4) is 0 Å². The van der Waals surface area contributed by atoms with Crippen molar-refractivity contribution in [2.75, 3.05) is 32.7 Å². The van der Waals surface area contributed by atoms with E-state index in [1.54, 1.807) is 30.3 Å². The minimum absolute atomic E-state index is 0.0465. The molecule has 1 unspecified atom stereocenters. The molecule has 0 bridgehead atoms. The van der Waals surface area contributed by atoms with Crippen LogP contribution in [0.4, 0.5) is 0 Å². The molecule has 31 heavy (non-hydrogen) atoms. The van der Waals surface area contributed by atoms with Gasteiger partial charge in [0.25, 0.3) is 0 Å². The third kappa shape index (κ3) is 4.84. The standard InChI is InChI=1S/C24H31N3O3S/c1-20-9-5-6-10-21(20)19-25-15-17-26(18-16-25)24(28)23-13-7-8-14-27(23)31(29,30)22-11-3-2-4-12-22/h2-6,9-12,23H,7-8,13-19H2,1H3. The van der Waals surface area contributed by atoms with Crippen molar-refractivity contribution in [2.24, 2.45) is 0 Å². The maximum Gasteiger partial charge on any atom is 0.243 e. The summed E-state index contributed by atoms with van der Waals surface area (Å²) >= 11 is 0. The number of sulfonamides is 1. The van der Waals surface area contributed by atoms with E-state index >= 15 is 0 Å². The summed E-state index contributed by atoms with van der Waals surface area (Å²) in [5.74, 6) is -0.0465. The molecule has 1 atom stereocenters. The Hall–Kier alpha value is -2.22. The van der Waals surface area contributed by atoms with Crippen LogP contribution < -0.4 is 0 Å². The fourth-order valence-electron chi connectivity index (χ4n) is 4.53. The average molecular weight is 442 g/mol. The molecule has 0 radical (unpaired) electrons. The number of carbonyl (C=O) groups excluding carboxylic acids is 1. The van der Waals surface area contributed by atoms with Gasteiger partial charge in [-0.05, 0) is 43.0 Å². The van der Waals surface area contributed by atoms with Crippen LogP contribution >= 0.6 is 0 Å². The first-order chi connectivity index (χ1) is 15.0. The van der Waals surface area contributed by atoms with Gasteiger partial charge in [-0.1, -0.05) is 48.9 Å². The molecule has 6 nitrogen and oxygen atoms in total. The third-order valence-electron chi connectivity index (χ3n) is 6.43. The van der Waals surface area contributed by atoms with E-state index in [9.17, 15) is 13.2 Å². The van der Waals surface area contributed by atoms with E-state index in [1.165, 1.54) is 15.4 Å². The molecule has 2 aliphatic heterocycles. The summed E-state index contributed by atoms with van der Waals surface area (Å²) in [5.41, 5.74) is 2.60. The van der Waals surface area contributed by atoms with E-state index in [1.807, 2.05) is 4.90 Å². The molecular weight excluding hydrogens is 410 g/mol. The quantitative estimate of drug-likeness (QED) is 0.716. The molecule has 2 aromatic carbocycles. The molecule has 0 aliphatic carbocycles.